The molecule has 2 N–H and O–H groups in total. The number of benzene rings is 1. The van der Waals surface area contributed by atoms with Crippen LogP contribution in [-0.4, -0.2) is 22.4 Å². The fraction of sp³-hybridized carbons (Fsp3) is 0.0833. The minimum Gasteiger partial charge on any atom is -0.325 e. The normalized spacial score (nSPS) is 11.8. The van der Waals surface area contributed by atoms with Gasteiger partial charge in [-0.05, 0) is 18.2 Å². The number of rotatable bonds is 4. The summed E-state index contributed by atoms with van der Waals surface area (Å²) in [5.41, 5.74) is 1.14. The van der Waals surface area contributed by atoms with Crippen molar-refractivity contribution in [2.75, 3.05) is 5.32 Å². The summed E-state index contributed by atoms with van der Waals surface area (Å²) in [5, 5.41) is 8.99. The quantitative estimate of drug-likeness (QED) is 0.613. The van der Waals surface area contributed by atoms with Crippen molar-refractivity contribution in [3.8, 4) is 0 Å². The zero-order valence-electron chi connectivity index (χ0n) is 8.96. The van der Waals surface area contributed by atoms with Crippen molar-refractivity contribution in [1.82, 2.24) is 10.2 Å². The number of carbonyl (C=O) groups excluding carboxylic acids is 2. The molecule has 0 fully saturated rings. The molecule has 0 bridgehead atoms. The van der Waals surface area contributed by atoms with Crippen LogP contribution < -0.4 is 5.32 Å². The SMILES string of the molecule is O=CC(C(=O)Nc1ccccc1)c1ccn[nH]1. The molecule has 0 saturated heterocycles. The standard InChI is InChI=1S/C12H11N3O2/c16-8-10(11-6-7-13-15-11)12(17)14-9-4-2-1-3-5-9/h1-8,10H,(H,13,15)(H,14,17). The van der Waals surface area contributed by atoms with Crippen molar-refractivity contribution in [2.45, 2.75) is 5.92 Å². The molecular weight excluding hydrogens is 218 g/mol. The van der Waals surface area contributed by atoms with Crippen LogP contribution in [0.4, 0.5) is 5.69 Å². The average Bonchev–Trinajstić information content (AvgIpc) is 2.85. The highest BCUT2D eigenvalue weighted by atomic mass is 16.2. The first-order valence-electron chi connectivity index (χ1n) is 5.12. The minimum absolute atomic E-state index is 0.379. The Labute approximate surface area is 97.9 Å². The predicted molar refractivity (Wildman–Crippen MR) is 62.5 cm³/mol. The maximum atomic E-state index is 11.9. The van der Waals surface area contributed by atoms with E-state index in [1.54, 1.807) is 18.2 Å². The zero-order chi connectivity index (χ0) is 12.1. The lowest BCUT2D eigenvalue weighted by Gasteiger charge is -2.09. The Bertz CT molecular complexity index is 494. The minimum atomic E-state index is -0.863. The molecule has 0 saturated carbocycles. The second-order valence-corrected chi connectivity index (χ2v) is 3.48. The largest absolute Gasteiger partial charge is 0.325 e. The second kappa shape index (κ2) is 5.07. The summed E-state index contributed by atoms with van der Waals surface area (Å²) in [6.07, 6.45) is 2.09. The molecule has 17 heavy (non-hydrogen) atoms. The molecule has 1 aromatic carbocycles. The van der Waals surface area contributed by atoms with Gasteiger partial charge >= 0.3 is 0 Å². The number of hydrogen-bond acceptors (Lipinski definition) is 3. The average molecular weight is 229 g/mol. The summed E-state index contributed by atoms with van der Waals surface area (Å²) in [4.78, 5) is 22.8. The number of H-pyrrole nitrogens is 1. The Morgan fingerprint density at radius 1 is 1.29 bits per heavy atom. The highest BCUT2D eigenvalue weighted by molar-refractivity contribution is 6.04. The summed E-state index contributed by atoms with van der Waals surface area (Å²) in [5.74, 6) is -1.24. The van der Waals surface area contributed by atoms with Crippen LogP contribution in [0.3, 0.4) is 0 Å². The first kappa shape index (κ1) is 11.1. The fourth-order valence-electron chi connectivity index (χ4n) is 1.46. The Morgan fingerprint density at radius 2 is 2.06 bits per heavy atom. The number of hydrogen-bond donors (Lipinski definition) is 2. The number of aromatic amines is 1. The third-order valence-corrected chi connectivity index (χ3v) is 2.32. The summed E-state index contributed by atoms with van der Waals surface area (Å²) in [6.45, 7) is 0. The third kappa shape index (κ3) is 2.57. The van der Waals surface area contributed by atoms with Gasteiger partial charge in [0.05, 0.1) is 5.69 Å². The van der Waals surface area contributed by atoms with E-state index in [9.17, 15) is 9.59 Å². The van der Waals surface area contributed by atoms with Gasteiger partial charge in [0.25, 0.3) is 0 Å². The van der Waals surface area contributed by atoms with Crippen molar-refractivity contribution in [1.29, 1.82) is 0 Å². The van der Waals surface area contributed by atoms with E-state index in [2.05, 4.69) is 15.5 Å². The molecule has 5 heteroatoms. The molecule has 2 rings (SSSR count). The number of nitrogens with one attached hydrogen (secondary N) is 2. The number of carbonyl (C=O) groups is 2. The molecule has 0 spiro atoms. The molecule has 1 heterocycles. The van der Waals surface area contributed by atoms with Crippen molar-refractivity contribution in [3.63, 3.8) is 0 Å². The molecule has 0 radical (unpaired) electrons. The Kier molecular flexibility index (Phi) is 3.30. The Balaban J connectivity index is 2.11. The highest BCUT2D eigenvalue weighted by Gasteiger charge is 2.21. The van der Waals surface area contributed by atoms with E-state index in [4.69, 9.17) is 0 Å². The maximum Gasteiger partial charge on any atom is 0.240 e. The van der Waals surface area contributed by atoms with Gasteiger partial charge < -0.3 is 10.1 Å². The molecule has 1 unspecified atom stereocenters. The zero-order valence-corrected chi connectivity index (χ0v) is 8.96. The Hall–Kier alpha value is -2.43. The van der Waals surface area contributed by atoms with Crippen LogP contribution in [0.15, 0.2) is 42.6 Å². The number of para-hydroxylation sites is 1. The topological polar surface area (TPSA) is 74.8 Å². The van der Waals surface area contributed by atoms with Gasteiger partial charge in [0.1, 0.15) is 12.2 Å². The lowest BCUT2D eigenvalue weighted by molar-refractivity contribution is -0.122. The highest BCUT2D eigenvalue weighted by Crippen LogP contribution is 2.13. The fourth-order valence-corrected chi connectivity index (χ4v) is 1.46. The Morgan fingerprint density at radius 3 is 2.65 bits per heavy atom. The van der Waals surface area contributed by atoms with E-state index in [-0.39, 0.29) is 5.91 Å². The molecule has 0 aliphatic carbocycles. The maximum absolute atomic E-state index is 11.9. The van der Waals surface area contributed by atoms with Crippen molar-refractivity contribution < 1.29 is 9.59 Å². The smallest absolute Gasteiger partial charge is 0.240 e. The molecule has 0 aliphatic rings. The van der Waals surface area contributed by atoms with E-state index >= 15 is 0 Å². The summed E-state index contributed by atoms with van der Waals surface area (Å²) >= 11 is 0. The van der Waals surface area contributed by atoms with E-state index in [1.807, 2.05) is 18.2 Å². The van der Waals surface area contributed by atoms with Gasteiger partial charge in [-0.3, -0.25) is 9.89 Å². The van der Waals surface area contributed by atoms with Crippen LogP contribution in [0.2, 0.25) is 0 Å². The molecule has 1 atom stereocenters. The second-order valence-electron chi connectivity index (χ2n) is 3.48. The number of amides is 1. The van der Waals surface area contributed by atoms with Crippen LogP contribution in [-0.2, 0) is 9.59 Å². The molecular formula is C12H11N3O2. The van der Waals surface area contributed by atoms with Crippen molar-refractivity contribution in [3.05, 3.63) is 48.3 Å². The lowest BCUT2D eigenvalue weighted by Crippen LogP contribution is -2.22. The van der Waals surface area contributed by atoms with E-state index in [1.165, 1.54) is 6.20 Å². The molecule has 1 amide bonds. The van der Waals surface area contributed by atoms with E-state index in [0.29, 0.717) is 17.7 Å². The summed E-state index contributed by atoms with van der Waals surface area (Å²) in [6, 6.07) is 10.6. The van der Waals surface area contributed by atoms with Gasteiger partial charge in [0, 0.05) is 11.9 Å². The number of anilines is 1. The first-order valence-corrected chi connectivity index (χ1v) is 5.12. The third-order valence-electron chi connectivity index (χ3n) is 2.32. The predicted octanol–water partition coefficient (Wildman–Crippen LogP) is 1.33. The first-order chi connectivity index (χ1) is 8.31. The summed E-state index contributed by atoms with van der Waals surface area (Å²) < 4.78 is 0. The number of aromatic nitrogens is 2. The number of aldehydes is 1. The van der Waals surface area contributed by atoms with Gasteiger partial charge in [-0.2, -0.15) is 5.10 Å². The van der Waals surface area contributed by atoms with E-state index in [0.717, 1.165) is 0 Å². The molecule has 86 valence electrons. The van der Waals surface area contributed by atoms with Gasteiger partial charge in [-0.1, -0.05) is 18.2 Å². The van der Waals surface area contributed by atoms with Crippen LogP contribution >= 0.6 is 0 Å². The van der Waals surface area contributed by atoms with Crippen LogP contribution in [0.5, 0.6) is 0 Å². The van der Waals surface area contributed by atoms with Gasteiger partial charge in [-0.25, -0.2) is 0 Å². The van der Waals surface area contributed by atoms with Crippen LogP contribution in [0.1, 0.15) is 11.6 Å². The van der Waals surface area contributed by atoms with Crippen LogP contribution in [0.25, 0.3) is 0 Å². The van der Waals surface area contributed by atoms with Gasteiger partial charge in [0.2, 0.25) is 5.91 Å². The molecule has 2 aromatic rings. The monoisotopic (exact) mass is 229 g/mol. The number of nitrogens with zero attached hydrogens (tertiary/aromatic N) is 1. The van der Waals surface area contributed by atoms with Crippen LogP contribution in [0, 0.1) is 0 Å². The molecule has 5 nitrogen and oxygen atoms in total. The van der Waals surface area contributed by atoms with E-state index < -0.39 is 5.92 Å². The molecule has 1 aromatic heterocycles. The lowest BCUT2D eigenvalue weighted by atomic mass is 10.1. The summed E-state index contributed by atoms with van der Waals surface area (Å²) in [7, 11) is 0. The van der Waals surface area contributed by atoms with Gasteiger partial charge in [-0.15, -0.1) is 0 Å². The van der Waals surface area contributed by atoms with Crippen molar-refractivity contribution >= 4 is 17.9 Å². The van der Waals surface area contributed by atoms with Crippen molar-refractivity contribution in [2.24, 2.45) is 0 Å². The van der Waals surface area contributed by atoms with Gasteiger partial charge in [0.15, 0.2) is 0 Å². The molecule has 0 aliphatic heterocycles.